The highest BCUT2D eigenvalue weighted by molar-refractivity contribution is 7.89. The normalized spacial score (nSPS) is 12.6. The molecule has 13 heteroatoms. The van der Waals surface area contributed by atoms with Gasteiger partial charge in [0.15, 0.2) is 0 Å². The predicted octanol–water partition coefficient (Wildman–Crippen LogP) is 3.38. The molecular weight excluding hydrogens is 466 g/mol. The number of benzene rings is 2. The van der Waals surface area contributed by atoms with Crippen LogP contribution < -0.4 is 10.0 Å². The first-order valence-corrected chi connectivity index (χ1v) is 10.4. The van der Waals surface area contributed by atoms with Crippen molar-refractivity contribution >= 4 is 15.9 Å². The van der Waals surface area contributed by atoms with Crippen LogP contribution in [-0.2, 0) is 38.9 Å². The molecule has 2 N–H and O–H groups in total. The van der Waals surface area contributed by atoms with Gasteiger partial charge in [-0.3, -0.25) is 4.79 Å². The molecule has 0 bridgehead atoms. The first-order chi connectivity index (χ1) is 14.8. The van der Waals surface area contributed by atoms with Crippen LogP contribution in [0.15, 0.2) is 53.4 Å². The highest BCUT2D eigenvalue weighted by Crippen LogP contribution is 2.30. The average molecular weight is 484 g/mol. The van der Waals surface area contributed by atoms with Crippen molar-refractivity contribution in [3.63, 3.8) is 0 Å². The van der Waals surface area contributed by atoms with E-state index in [0.717, 1.165) is 18.2 Å². The quantitative estimate of drug-likeness (QED) is 0.535. The number of hydrogen-bond acceptors (Lipinski definition) is 4. The maximum absolute atomic E-state index is 12.7. The first-order valence-electron chi connectivity index (χ1n) is 8.92. The summed E-state index contributed by atoms with van der Waals surface area (Å²) in [5, 5.41) is 2.42. The Kier molecular flexibility index (Phi) is 8.26. The van der Waals surface area contributed by atoms with Crippen molar-refractivity contribution < 1.29 is 44.3 Å². The third-order valence-electron chi connectivity index (χ3n) is 3.94. The molecule has 0 aromatic heterocycles. The fourth-order valence-electron chi connectivity index (χ4n) is 2.38. The molecule has 2 aromatic rings. The fraction of sp³-hybridized carbons (Fsp3) is 0.316. The summed E-state index contributed by atoms with van der Waals surface area (Å²) in [6, 6.07) is 9.19. The van der Waals surface area contributed by atoms with E-state index in [2.05, 4.69) is 10.1 Å². The molecule has 0 aliphatic carbocycles. The number of carbonyl (C=O) groups is 1. The zero-order valence-corrected chi connectivity index (χ0v) is 17.1. The molecule has 0 saturated heterocycles. The van der Waals surface area contributed by atoms with E-state index in [-0.39, 0.29) is 13.2 Å². The molecule has 2 aromatic carbocycles. The van der Waals surface area contributed by atoms with Crippen molar-refractivity contribution in [1.29, 1.82) is 0 Å². The largest absolute Gasteiger partial charge is 0.416 e. The van der Waals surface area contributed by atoms with Crippen molar-refractivity contribution in [2.45, 2.75) is 30.4 Å². The number of amides is 1. The van der Waals surface area contributed by atoms with Crippen LogP contribution in [0.1, 0.15) is 16.7 Å². The fourth-order valence-corrected chi connectivity index (χ4v) is 3.41. The molecular formula is C19H18F6N2O4S. The van der Waals surface area contributed by atoms with Crippen molar-refractivity contribution in [3.05, 3.63) is 65.2 Å². The maximum atomic E-state index is 12.7. The summed E-state index contributed by atoms with van der Waals surface area (Å²) in [6.45, 7) is -2.33. The second kappa shape index (κ2) is 10.3. The number of alkyl halides is 6. The van der Waals surface area contributed by atoms with E-state index in [4.69, 9.17) is 0 Å². The van der Waals surface area contributed by atoms with Gasteiger partial charge in [0.05, 0.1) is 23.6 Å². The Bertz CT molecular complexity index is 1020. The van der Waals surface area contributed by atoms with Gasteiger partial charge < -0.3 is 10.1 Å². The van der Waals surface area contributed by atoms with Crippen LogP contribution in [0.4, 0.5) is 26.3 Å². The molecule has 32 heavy (non-hydrogen) atoms. The minimum atomic E-state index is -4.72. The summed E-state index contributed by atoms with van der Waals surface area (Å²) in [5.74, 6) is -0.738. The van der Waals surface area contributed by atoms with Crippen molar-refractivity contribution in [2.24, 2.45) is 0 Å². The SMILES string of the molecule is O=C(CNS(=O)(=O)c1cccc(C(F)(F)F)c1)NCc1ccc(COCC(F)(F)F)cc1. The minimum absolute atomic E-state index is 0.00614. The van der Waals surface area contributed by atoms with E-state index in [0.29, 0.717) is 17.2 Å². The molecule has 1 amide bonds. The molecule has 0 heterocycles. The van der Waals surface area contributed by atoms with Crippen LogP contribution in [0, 0.1) is 0 Å². The van der Waals surface area contributed by atoms with Crippen molar-refractivity contribution in [3.8, 4) is 0 Å². The monoisotopic (exact) mass is 484 g/mol. The number of hydrogen-bond donors (Lipinski definition) is 2. The molecule has 6 nitrogen and oxygen atoms in total. The van der Waals surface area contributed by atoms with Crippen LogP contribution in [0.25, 0.3) is 0 Å². The van der Waals surface area contributed by atoms with Gasteiger partial charge in [0.1, 0.15) is 6.61 Å². The summed E-state index contributed by atoms with van der Waals surface area (Å²) in [7, 11) is -4.35. The van der Waals surface area contributed by atoms with E-state index in [9.17, 15) is 39.6 Å². The first kappa shape index (κ1) is 25.6. The maximum Gasteiger partial charge on any atom is 0.416 e. The molecule has 0 aliphatic heterocycles. The molecule has 0 saturated carbocycles. The zero-order chi connectivity index (χ0) is 24.0. The Hall–Kier alpha value is -2.64. The Labute approximate surface area is 179 Å². The van der Waals surface area contributed by atoms with E-state index >= 15 is 0 Å². The Balaban J connectivity index is 1.83. The highest BCUT2D eigenvalue weighted by atomic mass is 32.2. The highest BCUT2D eigenvalue weighted by Gasteiger charge is 2.31. The molecule has 0 spiro atoms. The van der Waals surface area contributed by atoms with Gasteiger partial charge >= 0.3 is 12.4 Å². The second-order valence-electron chi connectivity index (χ2n) is 6.55. The molecule has 0 radical (unpaired) electrons. The van der Waals surface area contributed by atoms with E-state index < -0.39 is 51.9 Å². The summed E-state index contributed by atoms with van der Waals surface area (Å²) in [6.07, 6.45) is -9.14. The summed E-state index contributed by atoms with van der Waals surface area (Å²) >= 11 is 0. The third kappa shape index (κ3) is 8.48. The van der Waals surface area contributed by atoms with Gasteiger partial charge in [-0.15, -0.1) is 0 Å². The van der Waals surface area contributed by atoms with Crippen LogP contribution in [0.5, 0.6) is 0 Å². The topological polar surface area (TPSA) is 84.5 Å². The number of nitrogens with one attached hydrogen (secondary N) is 2. The number of rotatable bonds is 9. The molecule has 0 aliphatic rings. The van der Waals surface area contributed by atoms with E-state index in [1.54, 1.807) is 12.1 Å². The number of ether oxygens (including phenoxy) is 1. The summed E-state index contributed by atoms with van der Waals surface area (Å²) < 4.78 is 105. The van der Waals surface area contributed by atoms with Crippen molar-refractivity contribution in [1.82, 2.24) is 10.0 Å². The van der Waals surface area contributed by atoms with Gasteiger partial charge in [-0.1, -0.05) is 30.3 Å². The predicted molar refractivity (Wildman–Crippen MR) is 101 cm³/mol. The van der Waals surface area contributed by atoms with Gasteiger partial charge in [0.2, 0.25) is 15.9 Å². The van der Waals surface area contributed by atoms with Crippen LogP contribution in [0.2, 0.25) is 0 Å². The summed E-state index contributed by atoms with van der Waals surface area (Å²) in [5.41, 5.74) is -0.0751. The average Bonchev–Trinajstić information content (AvgIpc) is 2.70. The molecule has 0 atom stereocenters. The lowest BCUT2D eigenvalue weighted by Gasteiger charge is -2.11. The number of carbonyl (C=O) groups excluding carboxylic acids is 1. The standard InChI is InChI=1S/C19H18F6N2O4S/c20-18(21,22)12-31-11-14-6-4-13(5-7-14)9-26-17(28)10-27-32(29,30)16-3-1-2-15(8-16)19(23,24)25/h1-8,27H,9-12H2,(H,26,28). The lowest BCUT2D eigenvalue weighted by molar-refractivity contribution is -0.176. The van der Waals surface area contributed by atoms with Gasteiger partial charge in [-0.05, 0) is 29.3 Å². The van der Waals surface area contributed by atoms with Gasteiger partial charge in [-0.2, -0.15) is 26.3 Å². The van der Waals surface area contributed by atoms with E-state index in [1.165, 1.54) is 12.1 Å². The van der Waals surface area contributed by atoms with Gasteiger partial charge in [0, 0.05) is 6.54 Å². The van der Waals surface area contributed by atoms with Crippen molar-refractivity contribution in [2.75, 3.05) is 13.2 Å². The Morgan fingerprint density at radius 1 is 0.938 bits per heavy atom. The molecule has 0 unspecified atom stereocenters. The molecule has 2 rings (SSSR count). The Morgan fingerprint density at radius 3 is 2.16 bits per heavy atom. The lowest BCUT2D eigenvalue weighted by Crippen LogP contribution is -2.36. The Morgan fingerprint density at radius 2 is 1.56 bits per heavy atom. The second-order valence-corrected chi connectivity index (χ2v) is 8.32. The third-order valence-corrected chi connectivity index (χ3v) is 5.34. The number of sulfonamides is 1. The zero-order valence-electron chi connectivity index (χ0n) is 16.3. The van der Waals surface area contributed by atoms with Gasteiger partial charge in [0.25, 0.3) is 0 Å². The van der Waals surface area contributed by atoms with Gasteiger partial charge in [-0.25, -0.2) is 13.1 Å². The minimum Gasteiger partial charge on any atom is -0.367 e. The summed E-state index contributed by atoms with van der Waals surface area (Å²) in [4.78, 5) is 11.2. The van der Waals surface area contributed by atoms with Crippen LogP contribution in [-0.4, -0.2) is 33.7 Å². The number of halogens is 6. The lowest BCUT2D eigenvalue weighted by atomic mass is 10.1. The molecule has 176 valence electrons. The smallest absolute Gasteiger partial charge is 0.367 e. The van der Waals surface area contributed by atoms with Crippen LogP contribution >= 0.6 is 0 Å². The molecule has 0 fully saturated rings. The van der Waals surface area contributed by atoms with E-state index in [1.807, 2.05) is 4.72 Å². The van der Waals surface area contributed by atoms with Crippen LogP contribution in [0.3, 0.4) is 0 Å².